The van der Waals surface area contributed by atoms with Gasteiger partial charge in [-0.3, -0.25) is 9.36 Å². The molecular formula is C29H25F4N3O2S. The van der Waals surface area contributed by atoms with Crippen molar-refractivity contribution >= 4 is 11.8 Å². The van der Waals surface area contributed by atoms with Crippen molar-refractivity contribution in [3.8, 4) is 17.0 Å². The maximum Gasteiger partial charge on any atom is 0.416 e. The fourth-order valence-electron chi connectivity index (χ4n) is 5.14. The Kier molecular flexibility index (Phi) is 7.26. The zero-order valence-corrected chi connectivity index (χ0v) is 21.9. The van der Waals surface area contributed by atoms with E-state index in [0.717, 1.165) is 23.8 Å². The molecule has 0 amide bonds. The Labute approximate surface area is 226 Å². The lowest BCUT2D eigenvalue weighted by atomic mass is 9.92. The second kappa shape index (κ2) is 10.5. The van der Waals surface area contributed by atoms with Crippen LogP contribution in [0.3, 0.4) is 0 Å². The Bertz CT molecular complexity index is 1590. The highest BCUT2D eigenvalue weighted by atomic mass is 32.2. The molecule has 0 bridgehead atoms. The van der Waals surface area contributed by atoms with Crippen molar-refractivity contribution in [3.63, 3.8) is 0 Å². The maximum absolute atomic E-state index is 15.0. The van der Waals surface area contributed by atoms with Crippen LogP contribution in [-0.2, 0) is 12.6 Å². The number of nitrogens with two attached hydrogens (primary N) is 1. The first kappa shape index (κ1) is 27.0. The van der Waals surface area contributed by atoms with Crippen LogP contribution in [0.4, 0.5) is 17.6 Å². The van der Waals surface area contributed by atoms with Gasteiger partial charge < -0.3 is 10.5 Å². The number of alkyl halides is 3. The lowest BCUT2D eigenvalue weighted by Crippen LogP contribution is -2.33. The first-order chi connectivity index (χ1) is 18.6. The van der Waals surface area contributed by atoms with Crippen molar-refractivity contribution in [1.29, 1.82) is 0 Å². The molecule has 1 aliphatic rings. The van der Waals surface area contributed by atoms with E-state index < -0.39 is 35.2 Å². The van der Waals surface area contributed by atoms with Crippen LogP contribution < -0.4 is 16.0 Å². The Hall–Kier alpha value is -3.63. The van der Waals surface area contributed by atoms with Gasteiger partial charge in [-0.15, -0.1) is 11.8 Å². The number of fused-ring (bicyclic) bond motifs is 1. The summed E-state index contributed by atoms with van der Waals surface area (Å²) in [6.07, 6.45) is -3.60. The van der Waals surface area contributed by atoms with E-state index in [1.54, 1.807) is 23.6 Å². The highest BCUT2D eigenvalue weighted by Crippen LogP contribution is 2.44. The Morgan fingerprint density at radius 2 is 1.85 bits per heavy atom. The molecule has 39 heavy (non-hydrogen) atoms. The van der Waals surface area contributed by atoms with E-state index in [0.29, 0.717) is 27.5 Å². The molecule has 4 aromatic rings. The third-order valence-corrected chi connectivity index (χ3v) is 8.30. The smallest absolute Gasteiger partial charge is 0.416 e. The quantitative estimate of drug-likeness (QED) is 0.282. The standard InChI is InChI=1S/C29H25F4N3O2S/c1-16-19(14-20-21(29(31,32)33)11-6-12-22(20)30)28-36(23(15-39-28)25(34)17-8-4-3-5-9-17)27(37)24(16)18-10-7-13-35-26(18)38-2/h3-13,23,25H,14-15,34H2,1-2H3. The second-order valence-corrected chi connectivity index (χ2v) is 10.3. The van der Waals surface area contributed by atoms with E-state index in [1.807, 2.05) is 30.3 Å². The van der Waals surface area contributed by atoms with Gasteiger partial charge in [0, 0.05) is 29.5 Å². The number of pyridine rings is 2. The minimum absolute atomic E-state index is 0.195. The lowest BCUT2D eigenvalue weighted by molar-refractivity contribution is -0.138. The van der Waals surface area contributed by atoms with E-state index in [2.05, 4.69) is 4.98 Å². The molecule has 1 aliphatic heterocycles. The van der Waals surface area contributed by atoms with Gasteiger partial charge >= 0.3 is 6.18 Å². The third kappa shape index (κ3) is 4.83. The topological polar surface area (TPSA) is 70.1 Å². The summed E-state index contributed by atoms with van der Waals surface area (Å²) in [6, 6.07) is 14.5. The maximum atomic E-state index is 15.0. The first-order valence-corrected chi connectivity index (χ1v) is 13.2. The van der Waals surface area contributed by atoms with Gasteiger partial charge in [0.25, 0.3) is 5.56 Å². The summed E-state index contributed by atoms with van der Waals surface area (Å²) < 4.78 is 63.6. The summed E-state index contributed by atoms with van der Waals surface area (Å²) in [5.41, 5.74) is 7.09. The molecule has 2 N–H and O–H groups in total. The number of aromatic nitrogens is 2. The summed E-state index contributed by atoms with van der Waals surface area (Å²) in [6.45, 7) is 1.67. The molecule has 0 spiro atoms. The van der Waals surface area contributed by atoms with E-state index >= 15 is 0 Å². The molecule has 0 saturated heterocycles. The minimum Gasteiger partial charge on any atom is -0.481 e. The van der Waals surface area contributed by atoms with E-state index in [4.69, 9.17) is 10.5 Å². The second-order valence-electron chi connectivity index (χ2n) is 9.27. The molecule has 0 radical (unpaired) electrons. The van der Waals surface area contributed by atoms with Crippen LogP contribution >= 0.6 is 11.8 Å². The van der Waals surface area contributed by atoms with Crippen molar-refractivity contribution < 1.29 is 22.3 Å². The Balaban J connectivity index is 1.78. The van der Waals surface area contributed by atoms with Gasteiger partial charge in [-0.25, -0.2) is 9.37 Å². The van der Waals surface area contributed by atoms with Crippen LogP contribution in [0.5, 0.6) is 5.88 Å². The minimum atomic E-state index is -4.75. The van der Waals surface area contributed by atoms with E-state index in [1.165, 1.54) is 25.1 Å². The molecule has 0 aliphatic carbocycles. The van der Waals surface area contributed by atoms with Crippen molar-refractivity contribution in [2.75, 3.05) is 12.9 Å². The third-order valence-electron chi connectivity index (χ3n) is 7.07. The monoisotopic (exact) mass is 555 g/mol. The summed E-state index contributed by atoms with van der Waals surface area (Å²) >= 11 is 1.34. The molecule has 5 nitrogen and oxygen atoms in total. The van der Waals surface area contributed by atoms with E-state index in [-0.39, 0.29) is 23.4 Å². The fourth-order valence-corrected chi connectivity index (χ4v) is 6.58. The summed E-state index contributed by atoms with van der Waals surface area (Å²) in [5.74, 6) is -0.342. The van der Waals surface area contributed by atoms with Gasteiger partial charge in [-0.2, -0.15) is 13.2 Å². The molecule has 10 heteroatoms. The molecule has 0 fully saturated rings. The summed E-state index contributed by atoms with van der Waals surface area (Å²) in [5, 5.41) is 0.483. The zero-order valence-electron chi connectivity index (χ0n) is 21.1. The number of halogens is 4. The number of benzene rings is 2. The molecule has 2 aromatic heterocycles. The molecule has 2 unspecified atom stereocenters. The predicted molar refractivity (Wildman–Crippen MR) is 143 cm³/mol. The number of methoxy groups -OCH3 is 1. The zero-order chi connectivity index (χ0) is 27.9. The average molecular weight is 556 g/mol. The Morgan fingerprint density at radius 1 is 1.10 bits per heavy atom. The molecule has 5 rings (SSSR count). The van der Waals surface area contributed by atoms with Crippen LogP contribution in [0.2, 0.25) is 0 Å². The number of hydrogen-bond donors (Lipinski definition) is 1. The van der Waals surface area contributed by atoms with Crippen molar-refractivity contribution in [2.24, 2.45) is 5.73 Å². The number of rotatable bonds is 6. The molecule has 2 aromatic carbocycles. The van der Waals surface area contributed by atoms with Crippen molar-refractivity contribution in [2.45, 2.75) is 36.6 Å². The predicted octanol–water partition coefficient (Wildman–Crippen LogP) is 6.32. The Morgan fingerprint density at radius 3 is 2.54 bits per heavy atom. The molecular weight excluding hydrogens is 530 g/mol. The first-order valence-electron chi connectivity index (χ1n) is 12.2. The largest absolute Gasteiger partial charge is 0.481 e. The summed E-state index contributed by atoms with van der Waals surface area (Å²) in [7, 11) is 1.42. The molecule has 3 heterocycles. The number of thioether (sulfide) groups is 1. The fraction of sp³-hybridized carbons (Fsp3) is 0.241. The normalized spacial score (nSPS) is 15.7. The van der Waals surface area contributed by atoms with Crippen LogP contribution in [0.25, 0.3) is 11.1 Å². The van der Waals surface area contributed by atoms with E-state index in [9.17, 15) is 22.4 Å². The molecule has 2 atom stereocenters. The van der Waals surface area contributed by atoms with Gasteiger partial charge in [0.05, 0.1) is 35.3 Å². The average Bonchev–Trinajstić information content (AvgIpc) is 3.37. The van der Waals surface area contributed by atoms with Gasteiger partial charge in [0.2, 0.25) is 5.88 Å². The highest BCUT2D eigenvalue weighted by Gasteiger charge is 2.38. The van der Waals surface area contributed by atoms with Crippen molar-refractivity contribution in [3.05, 3.63) is 111 Å². The SMILES string of the molecule is COc1ncccc1-c1c(C)c(Cc2c(F)cccc2C(F)(F)F)c2n(c1=O)C(C(N)c1ccccc1)CS2. The number of ether oxygens (including phenoxy) is 1. The van der Waals surface area contributed by atoms with Crippen LogP contribution in [0, 0.1) is 12.7 Å². The van der Waals surface area contributed by atoms with Crippen LogP contribution in [0.15, 0.2) is 76.7 Å². The van der Waals surface area contributed by atoms with Crippen LogP contribution in [-0.4, -0.2) is 22.4 Å². The van der Waals surface area contributed by atoms with Gasteiger partial charge in [0.15, 0.2) is 0 Å². The van der Waals surface area contributed by atoms with Crippen molar-refractivity contribution in [1.82, 2.24) is 9.55 Å². The van der Waals surface area contributed by atoms with Gasteiger partial charge in [-0.05, 0) is 47.9 Å². The van der Waals surface area contributed by atoms with Gasteiger partial charge in [0.1, 0.15) is 5.82 Å². The van der Waals surface area contributed by atoms with Crippen LogP contribution in [0.1, 0.15) is 39.9 Å². The molecule has 202 valence electrons. The lowest BCUT2D eigenvalue weighted by Gasteiger charge is -2.25. The molecule has 0 saturated carbocycles. The van der Waals surface area contributed by atoms with Gasteiger partial charge in [-0.1, -0.05) is 36.4 Å². The number of nitrogens with zero attached hydrogens (tertiary/aromatic N) is 2. The highest BCUT2D eigenvalue weighted by molar-refractivity contribution is 7.99. The summed E-state index contributed by atoms with van der Waals surface area (Å²) in [4.78, 5) is 18.4. The number of hydrogen-bond acceptors (Lipinski definition) is 5.